The van der Waals surface area contributed by atoms with Crippen LogP contribution in [0, 0.1) is 6.57 Å². The summed E-state index contributed by atoms with van der Waals surface area (Å²) in [6.45, 7) is 7.62. The zero-order chi connectivity index (χ0) is 23.9. The molecule has 0 spiro atoms. The smallest absolute Gasteiger partial charge is 0.308 e. The molecule has 3 aromatic heterocycles. The van der Waals surface area contributed by atoms with Gasteiger partial charge in [0, 0.05) is 21.4 Å². The molecule has 5 rings (SSSR count). The first-order valence-corrected chi connectivity index (χ1v) is 13.3. The van der Waals surface area contributed by atoms with Gasteiger partial charge in [0.1, 0.15) is 4.21 Å². The summed E-state index contributed by atoms with van der Waals surface area (Å²) in [7, 11) is -4.08. The maximum absolute atomic E-state index is 14.0. The Hall–Kier alpha value is -3.71. The van der Waals surface area contributed by atoms with E-state index in [9.17, 15) is 13.2 Å². The van der Waals surface area contributed by atoms with Gasteiger partial charge in [-0.3, -0.25) is 4.79 Å². The molecule has 0 radical (unpaired) electrons. The van der Waals surface area contributed by atoms with Gasteiger partial charge in [-0.2, -0.15) is 19.8 Å². The van der Waals surface area contributed by atoms with E-state index in [1.165, 1.54) is 27.4 Å². The molecule has 0 aliphatic carbocycles. The van der Waals surface area contributed by atoms with Crippen molar-refractivity contribution >= 4 is 54.6 Å². The summed E-state index contributed by atoms with van der Waals surface area (Å²) < 4.78 is 29.5. The van der Waals surface area contributed by atoms with Crippen molar-refractivity contribution in [3.63, 3.8) is 0 Å². The van der Waals surface area contributed by atoms with Crippen LogP contribution in [-0.2, 0) is 21.2 Å². The maximum atomic E-state index is 14.0. The zero-order valence-electron chi connectivity index (χ0n) is 17.5. The molecule has 0 amide bonds. The quantitative estimate of drug-likeness (QED) is 0.267. The van der Waals surface area contributed by atoms with Crippen LogP contribution in [0.1, 0.15) is 4.88 Å². The first-order chi connectivity index (χ1) is 16.4. The lowest BCUT2D eigenvalue weighted by Crippen LogP contribution is -2.13. The lowest BCUT2D eigenvalue weighted by molar-refractivity contribution is -0.136. The van der Waals surface area contributed by atoms with Gasteiger partial charge in [0.05, 0.1) is 24.2 Å². The second-order valence-corrected chi connectivity index (χ2v) is 11.5. The van der Waals surface area contributed by atoms with Gasteiger partial charge < -0.3 is 5.11 Å². The Morgan fingerprint density at radius 3 is 2.47 bits per heavy atom. The van der Waals surface area contributed by atoms with Gasteiger partial charge in [-0.05, 0) is 29.1 Å². The van der Waals surface area contributed by atoms with E-state index in [1.807, 2.05) is 53.9 Å². The lowest BCUT2D eigenvalue weighted by Gasteiger charge is -2.12. The molecule has 2 aromatic carbocycles. The molecule has 0 saturated carbocycles. The standard InChI is InChI=1S/C25H16N2O4S3/c1-26-25-19(13-14-32-25)23-18-9-5-6-10-20(18)27(24(23)16-7-3-2-4-8-16)34(30,31)22-12-11-17(33-22)15-21(28)29/h2-14H,15H2,(H,28,29). The van der Waals surface area contributed by atoms with Gasteiger partial charge in [0.15, 0.2) is 0 Å². The van der Waals surface area contributed by atoms with E-state index in [1.54, 1.807) is 12.1 Å². The summed E-state index contributed by atoms with van der Waals surface area (Å²) in [5.74, 6) is -1.02. The van der Waals surface area contributed by atoms with Crippen molar-refractivity contribution in [2.45, 2.75) is 10.6 Å². The monoisotopic (exact) mass is 504 g/mol. The Morgan fingerprint density at radius 1 is 1.00 bits per heavy atom. The predicted molar refractivity (Wildman–Crippen MR) is 135 cm³/mol. The number of fused-ring (bicyclic) bond motifs is 1. The molecule has 0 atom stereocenters. The van der Waals surface area contributed by atoms with Crippen molar-refractivity contribution in [3.8, 4) is 22.4 Å². The highest BCUT2D eigenvalue weighted by atomic mass is 32.2. The third-order valence-electron chi connectivity index (χ3n) is 5.35. The molecule has 6 nitrogen and oxygen atoms in total. The Bertz CT molecular complexity index is 1690. The van der Waals surface area contributed by atoms with Gasteiger partial charge in [0.25, 0.3) is 10.0 Å². The molecular weight excluding hydrogens is 488 g/mol. The number of nitrogens with zero attached hydrogens (tertiary/aromatic N) is 2. The highest BCUT2D eigenvalue weighted by molar-refractivity contribution is 7.92. The highest BCUT2D eigenvalue weighted by Gasteiger charge is 2.30. The number of aromatic nitrogens is 1. The molecule has 34 heavy (non-hydrogen) atoms. The van der Waals surface area contributed by atoms with Crippen LogP contribution in [0.3, 0.4) is 0 Å². The van der Waals surface area contributed by atoms with Crippen molar-refractivity contribution in [1.29, 1.82) is 0 Å². The van der Waals surface area contributed by atoms with Crippen LogP contribution in [0.5, 0.6) is 0 Å². The molecule has 0 unspecified atom stereocenters. The van der Waals surface area contributed by atoms with Crippen LogP contribution < -0.4 is 0 Å². The summed E-state index contributed by atoms with van der Waals surface area (Å²) in [5.41, 5.74) is 3.02. The lowest BCUT2D eigenvalue weighted by atomic mass is 10.00. The van der Waals surface area contributed by atoms with Crippen molar-refractivity contribution in [3.05, 3.63) is 94.5 Å². The second-order valence-electron chi connectivity index (χ2n) is 7.42. The molecule has 0 saturated heterocycles. The summed E-state index contributed by atoms with van der Waals surface area (Å²) in [4.78, 5) is 15.3. The first kappa shape index (κ1) is 22.1. The van der Waals surface area contributed by atoms with Crippen molar-refractivity contribution in [2.24, 2.45) is 0 Å². The maximum Gasteiger partial charge on any atom is 0.308 e. The molecule has 0 aliphatic rings. The number of hydrogen-bond acceptors (Lipinski definition) is 5. The van der Waals surface area contributed by atoms with Crippen LogP contribution in [-0.4, -0.2) is 23.5 Å². The third-order valence-corrected chi connectivity index (χ3v) is 9.42. The summed E-state index contributed by atoms with van der Waals surface area (Å²) in [6, 6.07) is 21.3. The number of thiophene rings is 2. The molecule has 5 aromatic rings. The van der Waals surface area contributed by atoms with Gasteiger partial charge in [-0.15, -0.1) is 11.3 Å². The molecule has 3 heterocycles. The predicted octanol–water partition coefficient (Wildman–Crippen LogP) is 6.51. The summed E-state index contributed by atoms with van der Waals surface area (Å²) in [6.07, 6.45) is -0.243. The number of rotatable bonds is 6. The minimum Gasteiger partial charge on any atom is -0.481 e. The molecular formula is C25H16N2O4S3. The molecule has 1 N–H and O–H groups in total. The van der Waals surface area contributed by atoms with E-state index in [2.05, 4.69) is 4.85 Å². The normalized spacial score (nSPS) is 11.5. The summed E-state index contributed by atoms with van der Waals surface area (Å²) in [5, 5.41) is 12.1. The van der Waals surface area contributed by atoms with Gasteiger partial charge in [0.2, 0.25) is 5.00 Å². The third kappa shape index (κ3) is 3.62. The van der Waals surface area contributed by atoms with E-state index in [0.29, 0.717) is 37.8 Å². The molecule has 0 fully saturated rings. The van der Waals surface area contributed by atoms with Crippen LogP contribution in [0.15, 0.2) is 82.4 Å². The van der Waals surface area contributed by atoms with Gasteiger partial charge in [-0.1, -0.05) is 54.6 Å². The highest BCUT2D eigenvalue weighted by Crippen LogP contribution is 2.47. The second kappa shape index (κ2) is 8.57. The van der Waals surface area contributed by atoms with E-state index in [-0.39, 0.29) is 10.6 Å². The van der Waals surface area contributed by atoms with Crippen molar-refractivity contribution in [1.82, 2.24) is 3.97 Å². The van der Waals surface area contributed by atoms with Crippen LogP contribution in [0.25, 0.3) is 38.1 Å². The van der Waals surface area contributed by atoms with E-state index >= 15 is 0 Å². The Balaban J connectivity index is 1.89. The van der Waals surface area contributed by atoms with Crippen molar-refractivity contribution < 1.29 is 18.3 Å². The largest absolute Gasteiger partial charge is 0.481 e. The average molecular weight is 505 g/mol. The number of para-hydroxylation sites is 1. The average Bonchev–Trinajstić information content (AvgIpc) is 3.56. The fraction of sp³-hybridized carbons (Fsp3) is 0.0400. The van der Waals surface area contributed by atoms with Crippen LogP contribution in [0.2, 0.25) is 0 Å². The number of benzene rings is 2. The van der Waals surface area contributed by atoms with Crippen LogP contribution >= 0.6 is 22.7 Å². The Morgan fingerprint density at radius 2 is 1.74 bits per heavy atom. The molecule has 9 heteroatoms. The Kier molecular flexibility index (Phi) is 5.57. The summed E-state index contributed by atoms with van der Waals surface area (Å²) >= 11 is 2.27. The first-order valence-electron chi connectivity index (χ1n) is 10.1. The number of hydrogen-bond donors (Lipinski definition) is 1. The zero-order valence-corrected chi connectivity index (χ0v) is 20.0. The molecule has 168 valence electrons. The molecule has 0 aliphatic heterocycles. The van der Waals surface area contributed by atoms with Gasteiger partial charge >= 0.3 is 5.97 Å². The van der Waals surface area contributed by atoms with Crippen LogP contribution in [0.4, 0.5) is 5.00 Å². The Labute approximate surface area is 203 Å². The minimum absolute atomic E-state index is 0.0592. The minimum atomic E-state index is -4.08. The molecule has 0 bridgehead atoms. The fourth-order valence-corrected chi connectivity index (χ4v) is 7.65. The number of carboxylic acids is 1. The SMILES string of the molecule is [C-]#[N+]c1sccc1-c1c(-c2ccccc2)n(S(=O)(=O)c2ccc(CC(=O)O)s2)c2ccccc12. The number of aliphatic carboxylic acids is 1. The van der Waals surface area contributed by atoms with Gasteiger partial charge in [-0.25, -0.2) is 8.82 Å². The van der Waals surface area contributed by atoms with Crippen molar-refractivity contribution in [2.75, 3.05) is 0 Å². The van der Waals surface area contributed by atoms with E-state index in [0.717, 1.165) is 16.7 Å². The van der Waals surface area contributed by atoms with E-state index in [4.69, 9.17) is 11.7 Å². The topological polar surface area (TPSA) is 80.7 Å². The number of carbonyl (C=O) groups is 1. The number of carboxylic acid groups (broad SMARTS) is 1. The fourth-order valence-electron chi connectivity index (χ4n) is 4.00. The van der Waals surface area contributed by atoms with E-state index < -0.39 is 16.0 Å².